The number of carbonyl (C=O) groups is 1. The summed E-state index contributed by atoms with van der Waals surface area (Å²) in [5.74, 6) is -0.0957. The number of nitrogens with zero attached hydrogens (tertiary/aromatic N) is 1. The van der Waals surface area contributed by atoms with E-state index in [1.54, 1.807) is 30.1 Å². The van der Waals surface area contributed by atoms with E-state index in [9.17, 15) is 4.79 Å². The van der Waals surface area contributed by atoms with Crippen molar-refractivity contribution >= 4 is 39.1 Å². The first kappa shape index (κ1) is 15.9. The summed E-state index contributed by atoms with van der Waals surface area (Å²) >= 11 is 9.40. The number of nitrogens with two attached hydrogens (primary N) is 1. The smallest absolute Gasteiger partial charge is 0.255 e. The van der Waals surface area contributed by atoms with E-state index >= 15 is 0 Å². The molecular formula is C16H16BrClN2O. The van der Waals surface area contributed by atoms with Crippen LogP contribution >= 0.6 is 27.5 Å². The monoisotopic (exact) mass is 366 g/mol. The molecule has 0 heterocycles. The van der Waals surface area contributed by atoms with Gasteiger partial charge < -0.3 is 10.6 Å². The van der Waals surface area contributed by atoms with E-state index in [0.717, 1.165) is 10.0 Å². The van der Waals surface area contributed by atoms with Gasteiger partial charge in [-0.25, -0.2) is 0 Å². The minimum atomic E-state index is -0.0957. The van der Waals surface area contributed by atoms with Gasteiger partial charge >= 0.3 is 0 Å². The van der Waals surface area contributed by atoms with Crippen LogP contribution in [0.5, 0.6) is 0 Å². The van der Waals surface area contributed by atoms with Gasteiger partial charge in [-0.15, -0.1) is 0 Å². The molecule has 21 heavy (non-hydrogen) atoms. The number of hydrogen-bond donors (Lipinski definition) is 1. The molecule has 2 rings (SSSR count). The molecule has 0 fully saturated rings. The van der Waals surface area contributed by atoms with E-state index in [-0.39, 0.29) is 11.9 Å². The summed E-state index contributed by atoms with van der Waals surface area (Å²) in [6.07, 6.45) is 0. The molecule has 0 spiro atoms. The summed E-state index contributed by atoms with van der Waals surface area (Å²) < 4.78 is 0.729. The molecule has 0 aliphatic carbocycles. The highest BCUT2D eigenvalue weighted by Gasteiger charge is 2.21. The zero-order chi connectivity index (χ0) is 15.6. The van der Waals surface area contributed by atoms with E-state index in [2.05, 4.69) is 15.9 Å². The highest BCUT2D eigenvalue weighted by molar-refractivity contribution is 9.10. The van der Waals surface area contributed by atoms with Gasteiger partial charge in [0.15, 0.2) is 0 Å². The number of benzene rings is 2. The van der Waals surface area contributed by atoms with Crippen LogP contribution in [0, 0.1) is 0 Å². The van der Waals surface area contributed by atoms with Crippen molar-refractivity contribution in [2.24, 2.45) is 0 Å². The molecule has 0 bridgehead atoms. The molecule has 0 aliphatic heterocycles. The fourth-order valence-electron chi connectivity index (χ4n) is 2.06. The molecule has 1 amide bonds. The van der Waals surface area contributed by atoms with E-state index < -0.39 is 0 Å². The van der Waals surface area contributed by atoms with Crippen LogP contribution in [-0.4, -0.2) is 17.9 Å². The molecule has 1 atom stereocenters. The minimum Gasteiger partial charge on any atom is -0.399 e. The second-order valence-electron chi connectivity index (χ2n) is 4.89. The summed E-state index contributed by atoms with van der Waals surface area (Å²) in [5, 5.41) is 0.658. The molecular weight excluding hydrogens is 352 g/mol. The molecule has 0 saturated heterocycles. The molecule has 0 saturated carbocycles. The summed E-state index contributed by atoms with van der Waals surface area (Å²) in [6, 6.07) is 12.6. The van der Waals surface area contributed by atoms with Crippen LogP contribution in [-0.2, 0) is 0 Å². The van der Waals surface area contributed by atoms with Crippen LogP contribution in [0.2, 0.25) is 5.02 Å². The van der Waals surface area contributed by atoms with Gasteiger partial charge in [0.05, 0.1) is 11.6 Å². The fourth-order valence-corrected chi connectivity index (χ4v) is 2.68. The van der Waals surface area contributed by atoms with Crippen molar-refractivity contribution in [3.63, 3.8) is 0 Å². The maximum Gasteiger partial charge on any atom is 0.255 e. The Bertz CT molecular complexity index is 675. The van der Waals surface area contributed by atoms with E-state index in [4.69, 9.17) is 17.3 Å². The van der Waals surface area contributed by atoms with E-state index in [1.807, 2.05) is 31.2 Å². The second-order valence-corrected chi connectivity index (χ2v) is 6.18. The number of amides is 1. The lowest BCUT2D eigenvalue weighted by Gasteiger charge is -2.26. The fraction of sp³-hybridized carbons (Fsp3) is 0.188. The average Bonchev–Trinajstić information content (AvgIpc) is 2.47. The van der Waals surface area contributed by atoms with Crippen LogP contribution in [0.3, 0.4) is 0 Å². The van der Waals surface area contributed by atoms with Gasteiger partial charge in [-0.05, 0) is 58.7 Å². The number of rotatable bonds is 3. The number of carbonyl (C=O) groups excluding carboxylic acids is 1. The summed E-state index contributed by atoms with van der Waals surface area (Å²) in [4.78, 5) is 14.3. The van der Waals surface area contributed by atoms with Gasteiger partial charge in [-0.2, -0.15) is 0 Å². The molecule has 0 aromatic heterocycles. The summed E-state index contributed by atoms with van der Waals surface area (Å²) in [5.41, 5.74) is 7.86. The first-order valence-electron chi connectivity index (χ1n) is 6.48. The SMILES string of the molecule is CC(c1cccc(Cl)c1)N(C)C(=O)c1cc(N)ccc1Br. The van der Waals surface area contributed by atoms with Gasteiger partial charge in [-0.1, -0.05) is 23.7 Å². The third-order valence-electron chi connectivity index (χ3n) is 3.45. The summed E-state index contributed by atoms with van der Waals surface area (Å²) in [7, 11) is 1.77. The molecule has 0 aliphatic rings. The first-order chi connectivity index (χ1) is 9.90. The number of anilines is 1. The highest BCUT2D eigenvalue weighted by Crippen LogP contribution is 2.26. The molecule has 2 aromatic carbocycles. The van der Waals surface area contributed by atoms with Crippen molar-refractivity contribution in [3.05, 3.63) is 63.1 Å². The Morgan fingerprint density at radius 1 is 1.29 bits per heavy atom. The van der Waals surface area contributed by atoms with Crippen molar-refractivity contribution in [1.82, 2.24) is 4.90 Å². The third kappa shape index (κ3) is 3.57. The number of nitrogen functional groups attached to an aromatic ring is 1. The molecule has 2 N–H and O–H groups in total. The standard InChI is InChI=1S/C16H16BrClN2O/c1-10(11-4-3-5-12(18)8-11)20(2)16(21)14-9-13(19)6-7-15(14)17/h3-10H,19H2,1-2H3. The van der Waals surface area contributed by atoms with Crippen molar-refractivity contribution in [1.29, 1.82) is 0 Å². The van der Waals surface area contributed by atoms with Gasteiger partial charge in [-0.3, -0.25) is 4.79 Å². The predicted molar refractivity (Wildman–Crippen MR) is 90.5 cm³/mol. The highest BCUT2D eigenvalue weighted by atomic mass is 79.9. The van der Waals surface area contributed by atoms with E-state index in [1.165, 1.54) is 0 Å². The van der Waals surface area contributed by atoms with Crippen LogP contribution in [0.15, 0.2) is 46.9 Å². The maximum atomic E-state index is 12.6. The van der Waals surface area contributed by atoms with Crippen molar-refractivity contribution in [2.45, 2.75) is 13.0 Å². The van der Waals surface area contributed by atoms with Gasteiger partial charge in [0, 0.05) is 22.2 Å². The maximum absolute atomic E-state index is 12.6. The van der Waals surface area contributed by atoms with Crippen LogP contribution < -0.4 is 5.73 Å². The van der Waals surface area contributed by atoms with Crippen LogP contribution in [0.4, 0.5) is 5.69 Å². The van der Waals surface area contributed by atoms with E-state index in [0.29, 0.717) is 16.3 Å². The Morgan fingerprint density at radius 3 is 2.67 bits per heavy atom. The van der Waals surface area contributed by atoms with Gasteiger partial charge in [0.25, 0.3) is 5.91 Å². The van der Waals surface area contributed by atoms with Crippen LogP contribution in [0.1, 0.15) is 28.9 Å². The van der Waals surface area contributed by atoms with Gasteiger partial charge in [0.2, 0.25) is 0 Å². The Hall–Kier alpha value is -1.52. The predicted octanol–water partition coefficient (Wildman–Crippen LogP) is 4.52. The van der Waals surface area contributed by atoms with Gasteiger partial charge in [0.1, 0.15) is 0 Å². The lowest BCUT2D eigenvalue weighted by Crippen LogP contribution is -2.30. The molecule has 0 radical (unpaired) electrons. The molecule has 2 aromatic rings. The molecule has 110 valence electrons. The molecule has 3 nitrogen and oxygen atoms in total. The largest absolute Gasteiger partial charge is 0.399 e. The summed E-state index contributed by atoms with van der Waals surface area (Å²) in [6.45, 7) is 1.96. The topological polar surface area (TPSA) is 46.3 Å². The Kier molecular flexibility index (Phi) is 4.91. The normalized spacial score (nSPS) is 12.0. The Morgan fingerprint density at radius 2 is 2.00 bits per heavy atom. The lowest BCUT2D eigenvalue weighted by molar-refractivity contribution is 0.0742. The lowest BCUT2D eigenvalue weighted by atomic mass is 10.1. The number of hydrogen-bond acceptors (Lipinski definition) is 2. The Balaban J connectivity index is 2.28. The zero-order valence-electron chi connectivity index (χ0n) is 11.8. The second kappa shape index (κ2) is 6.50. The number of halogens is 2. The van der Waals surface area contributed by atoms with Crippen molar-refractivity contribution < 1.29 is 4.79 Å². The first-order valence-corrected chi connectivity index (χ1v) is 7.65. The minimum absolute atomic E-state index is 0.0930. The van der Waals surface area contributed by atoms with Crippen molar-refractivity contribution in [3.8, 4) is 0 Å². The van der Waals surface area contributed by atoms with Crippen LogP contribution in [0.25, 0.3) is 0 Å². The Labute approximate surface area is 137 Å². The quantitative estimate of drug-likeness (QED) is 0.811. The molecule has 1 unspecified atom stereocenters. The van der Waals surface area contributed by atoms with Crippen molar-refractivity contribution in [2.75, 3.05) is 12.8 Å². The third-order valence-corrected chi connectivity index (χ3v) is 4.38. The average molecular weight is 368 g/mol. The zero-order valence-corrected chi connectivity index (χ0v) is 14.1. The molecule has 5 heteroatoms.